The Morgan fingerprint density at radius 1 is 1.56 bits per heavy atom. The lowest BCUT2D eigenvalue weighted by atomic mass is 10.0. The van der Waals surface area contributed by atoms with Gasteiger partial charge in [0.2, 0.25) is 5.91 Å². The van der Waals surface area contributed by atoms with Crippen molar-refractivity contribution in [2.24, 2.45) is 5.73 Å². The van der Waals surface area contributed by atoms with Gasteiger partial charge in [-0.1, -0.05) is 0 Å². The number of carbonyl (C=O) groups excluding carboxylic acids is 1. The molecule has 0 radical (unpaired) electrons. The van der Waals surface area contributed by atoms with Gasteiger partial charge in [-0.05, 0) is 30.9 Å². The average molecular weight is 242 g/mol. The van der Waals surface area contributed by atoms with Crippen molar-refractivity contribution in [3.05, 3.63) is 21.9 Å². The Bertz CT molecular complexity index is 412. The largest absolute Gasteiger partial charge is 0.477 e. The van der Waals surface area contributed by atoms with E-state index >= 15 is 0 Å². The number of carboxylic acids is 1. The van der Waals surface area contributed by atoms with E-state index in [0.29, 0.717) is 12.1 Å². The highest BCUT2D eigenvalue weighted by Crippen LogP contribution is 2.17. The molecule has 0 atom stereocenters. The smallest absolute Gasteiger partial charge is 0.346 e. The van der Waals surface area contributed by atoms with E-state index in [-0.39, 0.29) is 4.88 Å². The van der Waals surface area contributed by atoms with Crippen molar-refractivity contribution in [1.82, 2.24) is 5.32 Å². The number of thiophene rings is 1. The van der Waals surface area contributed by atoms with E-state index in [2.05, 4.69) is 5.32 Å². The van der Waals surface area contributed by atoms with E-state index in [1.165, 1.54) is 0 Å². The van der Waals surface area contributed by atoms with Crippen molar-refractivity contribution in [1.29, 1.82) is 0 Å². The van der Waals surface area contributed by atoms with Gasteiger partial charge in [0.15, 0.2) is 0 Å². The Morgan fingerprint density at radius 2 is 2.19 bits per heavy atom. The standard InChI is InChI=1S/C10H14N2O3S/c1-10(2,9(11)15)12-5-6-3-4-16-7(6)8(13)14/h3-4,12H,5H2,1-2H3,(H2,11,15)(H,13,14). The molecule has 1 heterocycles. The quantitative estimate of drug-likeness (QED) is 0.712. The minimum absolute atomic E-state index is 0.285. The molecule has 0 saturated carbocycles. The topological polar surface area (TPSA) is 92.4 Å². The Kier molecular flexibility index (Phi) is 3.66. The normalized spacial score (nSPS) is 11.4. The maximum Gasteiger partial charge on any atom is 0.346 e. The first-order valence-corrected chi connectivity index (χ1v) is 5.57. The molecule has 0 saturated heterocycles. The maximum atomic E-state index is 11.0. The van der Waals surface area contributed by atoms with Crippen molar-refractivity contribution in [3.63, 3.8) is 0 Å². The van der Waals surface area contributed by atoms with Gasteiger partial charge in [0.1, 0.15) is 4.88 Å². The Morgan fingerprint density at radius 3 is 2.69 bits per heavy atom. The van der Waals surface area contributed by atoms with Crippen molar-refractivity contribution in [2.45, 2.75) is 25.9 Å². The Balaban J connectivity index is 2.72. The van der Waals surface area contributed by atoms with Crippen molar-refractivity contribution < 1.29 is 14.7 Å². The third kappa shape index (κ3) is 2.80. The second-order valence-electron chi connectivity index (χ2n) is 3.92. The van der Waals surface area contributed by atoms with Crippen LogP contribution in [0.3, 0.4) is 0 Å². The van der Waals surface area contributed by atoms with Gasteiger partial charge in [-0.25, -0.2) is 4.79 Å². The van der Waals surface area contributed by atoms with Gasteiger partial charge in [-0.15, -0.1) is 11.3 Å². The van der Waals surface area contributed by atoms with Crippen LogP contribution in [0, 0.1) is 0 Å². The minimum atomic E-state index is -0.955. The van der Waals surface area contributed by atoms with Crippen molar-refractivity contribution >= 4 is 23.2 Å². The highest BCUT2D eigenvalue weighted by Gasteiger charge is 2.24. The molecule has 0 fully saturated rings. The van der Waals surface area contributed by atoms with E-state index < -0.39 is 17.4 Å². The molecule has 1 amide bonds. The predicted molar refractivity (Wildman–Crippen MR) is 61.4 cm³/mol. The van der Waals surface area contributed by atoms with Crippen molar-refractivity contribution in [2.75, 3.05) is 0 Å². The number of hydrogen-bond donors (Lipinski definition) is 3. The lowest BCUT2D eigenvalue weighted by molar-refractivity contribution is -0.123. The Hall–Kier alpha value is -1.40. The summed E-state index contributed by atoms with van der Waals surface area (Å²) >= 11 is 1.16. The molecular weight excluding hydrogens is 228 g/mol. The molecule has 16 heavy (non-hydrogen) atoms. The third-order valence-corrected chi connectivity index (χ3v) is 3.22. The van der Waals surface area contributed by atoms with Crippen LogP contribution in [0.2, 0.25) is 0 Å². The van der Waals surface area contributed by atoms with Crippen LogP contribution in [-0.4, -0.2) is 22.5 Å². The van der Waals surface area contributed by atoms with Crippen LogP contribution in [0.25, 0.3) is 0 Å². The number of nitrogens with two attached hydrogens (primary N) is 1. The first kappa shape index (κ1) is 12.7. The molecule has 0 aliphatic carbocycles. The predicted octanol–water partition coefficient (Wildman–Crippen LogP) is 0.800. The monoisotopic (exact) mass is 242 g/mol. The number of hydrogen-bond acceptors (Lipinski definition) is 4. The van der Waals surface area contributed by atoms with E-state index in [0.717, 1.165) is 11.3 Å². The summed E-state index contributed by atoms with van der Waals surface area (Å²) in [4.78, 5) is 22.2. The van der Waals surface area contributed by atoms with E-state index in [9.17, 15) is 9.59 Å². The summed E-state index contributed by atoms with van der Waals surface area (Å²) in [6.45, 7) is 3.62. The fourth-order valence-corrected chi connectivity index (χ4v) is 1.83. The van der Waals surface area contributed by atoms with Gasteiger partial charge in [0, 0.05) is 6.54 Å². The summed E-state index contributed by atoms with van der Waals surface area (Å²) in [5.74, 6) is -1.43. The molecule has 1 aromatic rings. The van der Waals surface area contributed by atoms with Crippen LogP contribution in [0.4, 0.5) is 0 Å². The average Bonchev–Trinajstić information content (AvgIpc) is 2.62. The number of rotatable bonds is 5. The lowest BCUT2D eigenvalue weighted by Gasteiger charge is -2.22. The summed E-state index contributed by atoms with van der Waals surface area (Å²) < 4.78 is 0. The molecule has 0 aromatic carbocycles. The number of primary amides is 1. The fourth-order valence-electron chi connectivity index (χ4n) is 1.07. The first-order valence-electron chi connectivity index (χ1n) is 4.69. The van der Waals surface area contributed by atoms with Crippen LogP contribution in [-0.2, 0) is 11.3 Å². The van der Waals surface area contributed by atoms with Gasteiger partial charge in [-0.2, -0.15) is 0 Å². The van der Waals surface area contributed by atoms with E-state index in [1.54, 1.807) is 25.3 Å². The molecule has 0 aliphatic rings. The van der Waals surface area contributed by atoms with Crippen LogP contribution in [0.5, 0.6) is 0 Å². The first-order chi connectivity index (χ1) is 7.34. The van der Waals surface area contributed by atoms with Gasteiger partial charge in [0.25, 0.3) is 0 Å². The van der Waals surface area contributed by atoms with Crippen molar-refractivity contribution in [3.8, 4) is 0 Å². The SMILES string of the molecule is CC(C)(NCc1ccsc1C(=O)O)C(N)=O. The highest BCUT2D eigenvalue weighted by atomic mass is 32.1. The van der Waals surface area contributed by atoms with E-state index in [1.807, 2.05) is 0 Å². The number of aromatic carboxylic acids is 1. The second kappa shape index (κ2) is 4.63. The zero-order valence-electron chi connectivity index (χ0n) is 9.11. The summed E-state index contributed by atoms with van der Waals surface area (Å²) in [5, 5.41) is 13.5. The number of carboxylic acid groups (broad SMARTS) is 1. The van der Waals surface area contributed by atoms with Gasteiger partial charge >= 0.3 is 5.97 Å². The zero-order valence-corrected chi connectivity index (χ0v) is 9.93. The lowest BCUT2D eigenvalue weighted by Crippen LogP contribution is -2.50. The fraction of sp³-hybridized carbons (Fsp3) is 0.400. The summed E-state index contributed by atoms with van der Waals surface area (Å²) in [6, 6.07) is 1.72. The molecule has 0 spiro atoms. The second-order valence-corrected chi connectivity index (χ2v) is 4.84. The van der Waals surface area contributed by atoms with Gasteiger partial charge in [-0.3, -0.25) is 10.1 Å². The van der Waals surface area contributed by atoms with Gasteiger partial charge in [0.05, 0.1) is 5.54 Å². The molecule has 0 unspecified atom stereocenters. The molecular formula is C10H14N2O3S. The number of carbonyl (C=O) groups is 2. The van der Waals surface area contributed by atoms with Crippen LogP contribution >= 0.6 is 11.3 Å². The molecule has 5 nitrogen and oxygen atoms in total. The van der Waals surface area contributed by atoms with Crippen LogP contribution < -0.4 is 11.1 Å². The highest BCUT2D eigenvalue weighted by molar-refractivity contribution is 7.12. The van der Waals surface area contributed by atoms with Gasteiger partial charge < -0.3 is 10.8 Å². The summed E-state index contributed by atoms with van der Waals surface area (Å²) in [5.41, 5.74) is 5.00. The molecule has 6 heteroatoms. The molecule has 0 aliphatic heterocycles. The Labute approximate surface area is 97.3 Å². The van der Waals surface area contributed by atoms with Crippen LogP contribution in [0.1, 0.15) is 29.1 Å². The summed E-state index contributed by atoms with van der Waals surface area (Å²) in [6.07, 6.45) is 0. The van der Waals surface area contributed by atoms with E-state index in [4.69, 9.17) is 10.8 Å². The zero-order chi connectivity index (χ0) is 12.3. The molecule has 4 N–H and O–H groups in total. The third-order valence-electron chi connectivity index (χ3n) is 2.28. The van der Waals surface area contributed by atoms with Crippen LogP contribution in [0.15, 0.2) is 11.4 Å². The molecule has 0 bridgehead atoms. The minimum Gasteiger partial charge on any atom is -0.477 e. The molecule has 88 valence electrons. The number of amides is 1. The maximum absolute atomic E-state index is 11.0. The summed E-state index contributed by atoms with van der Waals surface area (Å²) in [7, 11) is 0. The molecule has 1 rings (SSSR count). The molecule has 1 aromatic heterocycles. The number of nitrogens with one attached hydrogen (secondary N) is 1.